The normalized spacial score (nSPS) is 8.56. The quantitative estimate of drug-likeness (QED) is 0.633. The van der Waals surface area contributed by atoms with Gasteiger partial charge in [0.1, 0.15) is 5.69 Å². The predicted molar refractivity (Wildman–Crippen MR) is 68.6 cm³/mol. The SMILES string of the molecule is Cc1cccc(C#Cc2ccccc2)n1.Cl. The Morgan fingerprint density at radius 1 is 0.875 bits per heavy atom. The Bertz CT molecular complexity index is 509. The molecule has 0 amide bonds. The van der Waals surface area contributed by atoms with Gasteiger partial charge >= 0.3 is 0 Å². The Morgan fingerprint density at radius 2 is 1.62 bits per heavy atom. The van der Waals surface area contributed by atoms with Gasteiger partial charge in [-0.15, -0.1) is 12.4 Å². The topological polar surface area (TPSA) is 12.9 Å². The Hall–Kier alpha value is -1.78. The van der Waals surface area contributed by atoms with E-state index in [1.165, 1.54) is 0 Å². The van der Waals surface area contributed by atoms with Crippen LogP contribution in [0.5, 0.6) is 0 Å². The number of rotatable bonds is 0. The van der Waals surface area contributed by atoms with E-state index < -0.39 is 0 Å². The molecule has 1 nitrogen and oxygen atoms in total. The van der Waals surface area contributed by atoms with Crippen molar-refractivity contribution in [2.75, 3.05) is 0 Å². The van der Waals surface area contributed by atoms with Crippen LogP contribution in [-0.2, 0) is 0 Å². The molecule has 0 saturated heterocycles. The Kier molecular flexibility index (Phi) is 4.57. The molecule has 0 unspecified atom stereocenters. The highest BCUT2D eigenvalue weighted by Gasteiger charge is 1.88. The van der Waals surface area contributed by atoms with Crippen LogP contribution in [0.3, 0.4) is 0 Å². The van der Waals surface area contributed by atoms with E-state index in [-0.39, 0.29) is 12.4 Å². The summed E-state index contributed by atoms with van der Waals surface area (Å²) < 4.78 is 0. The summed E-state index contributed by atoms with van der Waals surface area (Å²) in [7, 11) is 0. The smallest absolute Gasteiger partial charge is 0.113 e. The van der Waals surface area contributed by atoms with Crippen LogP contribution in [0.1, 0.15) is 17.0 Å². The second-order valence-corrected chi connectivity index (χ2v) is 3.28. The summed E-state index contributed by atoms with van der Waals surface area (Å²) in [5, 5.41) is 0. The molecular weight excluding hydrogens is 218 g/mol. The zero-order valence-corrected chi connectivity index (χ0v) is 9.79. The lowest BCUT2D eigenvalue weighted by Crippen LogP contribution is -1.84. The van der Waals surface area contributed by atoms with E-state index >= 15 is 0 Å². The molecule has 0 aliphatic carbocycles. The zero-order valence-electron chi connectivity index (χ0n) is 8.97. The monoisotopic (exact) mass is 229 g/mol. The third kappa shape index (κ3) is 3.42. The molecule has 0 bridgehead atoms. The summed E-state index contributed by atoms with van der Waals surface area (Å²) in [6.07, 6.45) is 0. The molecular formula is C14H12ClN. The maximum Gasteiger partial charge on any atom is 0.113 e. The van der Waals surface area contributed by atoms with Gasteiger partial charge in [-0.05, 0) is 37.1 Å². The number of nitrogens with zero attached hydrogens (tertiary/aromatic N) is 1. The standard InChI is InChI=1S/C14H11N.ClH/c1-12-6-5-9-14(15-12)11-10-13-7-3-2-4-8-13;/h2-9H,1H3;1H. The van der Waals surface area contributed by atoms with Crippen molar-refractivity contribution in [1.29, 1.82) is 0 Å². The highest BCUT2D eigenvalue weighted by molar-refractivity contribution is 5.85. The molecule has 0 radical (unpaired) electrons. The molecule has 2 heteroatoms. The molecule has 1 aromatic heterocycles. The first-order valence-corrected chi connectivity index (χ1v) is 4.85. The predicted octanol–water partition coefficient (Wildman–Crippen LogP) is 3.21. The molecule has 2 rings (SSSR count). The summed E-state index contributed by atoms with van der Waals surface area (Å²) in [4.78, 5) is 4.31. The van der Waals surface area contributed by atoms with Crippen LogP contribution in [0.15, 0.2) is 48.5 Å². The lowest BCUT2D eigenvalue weighted by Gasteiger charge is -1.91. The number of pyridine rings is 1. The first kappa shape index (κ1) is 12.3. The average Bonchev–Trinajstić information content (AvgIpc) is 2.28. The van der Waals surface area contributed by atoms with Gasteiger partial charge in [-0.1, -0.05) is 30.2 Å². The largest absolute Gasteiger partial charge is 0.245 e. The van der Waals surface area contributed by atoms with Crippen LogP contribution in [0, 0.1) is 18.8 Å². The molecule has 2 aromatic rings. The van der Waals surface area contributed by atoms with Gasteiger partial charge in [-0.2, -0.15) is 0 Å². The minimum Gasteiger partial charge on any atom is -0.245 e. The summed E-state index contributed by atoms with van der Waals surface area (Å²) >= 11 is 0. The first-order chi connectivity index (χ1) is 7.34. The summed E-state index contributed by atoms with van der Waals surface area (Å²) in [6.45, 7) is 1.97. The highest BCUT2D eigenvalue weighted by atomic mass is 35.5. The minimum absolute atomic E-state index is 0. The van der Waals surface area contributed by atoms with E-state index in [1.807, 2.05) is 55.5 Å². The molecule has 80 valence electrons. The zero-order chi connectivity index (χ0) is 10.5. The van der Waals surface area contributed by atoms with Gasteiger partial charge in [0.25, 0.3) is 0 Å². The number of aromatic nitrogens is 1. The van der Waals surface area contributed by atoms with Crippen molar-refractivity contribution in [3.63, 3.8) is 0 Å². The van der Waals surface area contributed by atoms with E-state index in [0.717, 1.165) is 17.0 Å². The minimum atomic E-state index is 0. The van der Waals surface area contributed by atoms with E-state index in [4.69, 9.17) is 0 Å². The third-order valence-electron chi connectivity index (χ3n) is 2.00. The van der Waals surface area contributed by atoms with Crippen molar-refractivity contribution in [3.8, 4) is 11.8 Å². The van der Waals surface area contributed by atoms with Gasteiger partial charge < -0.3 is 0 Å². The number of aryl methyl sites for hydroxylation is 1. The van der Waals surface area contributed by atoms with Gasteiger partial charge in [0.15, 0.2) is 0 Å². The fourth-order valence-electron chi connectivity index (χ4n) is 1.27. The van der Waals surface area contributed by atoms with Crippen LogP contribution >= 0.6 is 12.4 Å². The molecule has 0 N–H and O–H groups in total. The average molecular weight is 230 g/mol. The van der Waals surface area contributed by atoms with Crippen LogP contribution < -0.4 is 0 Å². The molecule has 16 heavy (non-hydrogen) atoms. The molecule has 0 saturated carbocycles. The van der Waals surface area contributed by atoms with Crippen molar-refractivity contribution < 1.29 is 0 Å². The van der Waals surface area contributed by atoms with E-state index in [2.05, 4.69) is 16.8 Å². The summed E-state index contributed by atoms with van der Waals surface area (Å²) in [5.74, 6) is 6.12. The van der Waals surface area contributed by atoms with E-state index in [1.54, 1.807) is 0 Å². The van der Waals surface area contributed by atoms with Crippen molar-refractivity contribution in [2.24, 2.45) is 0 Å². The maximum atomic E-state index is 4.31. The highest BCUT2D eigenvalue weighted by Crippen LogP contribution is 1.98. The van der Waals surface area contributed by atoms with Crippen LogP contribution in [0.2, 0.25) is 0 Å². The van der Waals surface area contributed by atoms with E-state index in [0.29, 0.717) is 0 Å². The van der Waals surface area contributed by atoms with Gasteiger partial charge in [-0.3, -0.25) is 0 Å². The Morgan fingerprint density at radius 3 is 2.31 bits per heavy atom. The summed E-state index contributed by atoms with van der Waals surface area (Å²) in [5.41, 5.74) is 2.83. The third-order valence-corrected chi connectivity index (χ3v) is 2.00. The summed E-state index contributed by atoms with van der Waals surface area (Å²) in [6, 6.07) is 15.8. The number of halogens is 1. The first-order valence-electron chi connectivity index (χ1n) is 4.85. The Labute approximate surface area is 102 Å². The van der Waals surface area contributed by atoms with Crippen molar-refractivity contribution in [1.82, 2.24) is 4.98 Å². The van der Waals surface area contributed by atoms with Gasteiger partial charge in [-0.25, -0.2) is 4.98 Å². The van der Waals surface area contributed by atoms with Crippen molar-refractivity contribution >= 4 is 12.4 Å². The molecule has 0 aliphatic heterocycles. The van der Waals surface area contributed by atoms with Crippen LogP contribution in [-0.4, -0.2) is 4.98 Å². The molecule has 0 atom stereocenters. The molecule has 0 spiro atoms. The van der Waals surface area contributed by atoms with Crippen molar-refractivity contribution in [3.05, 3.63) is 65.5 Å². The van der Waals surface area contributed by atoms with E-state index in [9.17, 15) is 0 Å². The van der Waals surface area contributed by atoms with Crippen LogP contribution in [0.4, 0.5) is 0 Å². The van der Waals surface area contributed by atoms with Gasteiger partial charge in [0, 0.05) is 11.3 Å². The lowest BCUT2D eigenvalue weighted by atomic mass is 10.2. The molecule has 1 heterocycles. The van der Waals surface area contributed by atoms with Gasteiger partial charge in [0.2, 0.25) is 0 Å². The van der Waals surface area contributed by atoms with Crippen molar-refractivity contribution in [2.45, 2.75) is 6.92 Å². The second kappa shape index (κ2) is 5.95. The number of hydrogen-bond acceptors (Lipinski definition) is 1. The molecule has 0 fully saturated rings. The fraction of sp³-hybridized carbons (Fsp3) is 0.0714. The number of benzene rings is 1. The van der Waals surface area contributed by atoms with Gasteiger partial charge in [0.05, 0.1) is 0 Å². The fourth-order valence-corrected chi connectivity index (χ4v) is 1.27. The lowest BCUT2D eigenvalue weighted by molar-refractivity contribution is 1.18. The maximum absolute atomic E-state index is 4.31. The Balaban J connectivity index is 0.00000128. The number of hydrogen-bond donors (Lipinski definition) is 0. The second-order valence-electron chi connectivity index (χ2n) is 3.28. The molecule has 1 aromatic carbocycles. The molecule has 0 aliphatic rings. The van der Waals surface area contributed by atoms with Crippen LogP contribution in [0.25, 0.3) is 0 Å².